The summed E-state index contributed by atoms with van der Waals surface area (Å²) in [5.41, 5.74) is 2.45. The van der Waals surface area contributed by atoms with Crippen LogP contribution < -0.4 is 5.32 Å². The Morgan fingerprint density at radius 2 is 2.10 bits per heavy atom. The zero-order valence-electron chi connectivity index (χ0n) is 13.1. The molecule has 2 aromatic heterocycles. The fourth-order valence-electron chi connectivity index (χ4n) is 4.24. The van der Waals surface area contributed by atoms with Gasteiger partial charge in [0.15, 0.2) is 5.15 Å². The fraction of sp³-hybridized carbons (Fsp3) is 0.588. The van der Waals surface area contributed by atoms with Crippen LogP contribution in [0.2, 0.25) is 5.15 Å². The highest BCUT2D eigenvalue weighted by Crippen LogP contribution is 2.58. The Bertz CT molecular complexity index is 630. The molecule has 0 amide bonds. The topological polar surface area (TPSA) is 29.3 Å². The lowest BCUT2D eigenvalue weighted by Gasteiger charge is -2.56. The van der Waals surface area contributed by atoms with Crippen LogP contribution in [-0.2, 0) is 0 Å². The molecule has 2 unspecified atom stereocenters. The third kappa shape index (κ3) is 2.09. The summed E-state index contributed by atoms with van der Waals surface area (Å²) in [6.45, 7) is 7.82. The fourth-order valence-corrected chi connectivity index (χ4v) is 4.55. The summed E-state index contributed by atoms with van der Waals surface area (Å²) >= 11 is 6.49. The van der Waals surface area contributed by atoms with Crippen molar-refractivity contribution in [1.29, 1.82) is 0 Å². The zero-order valence-corrected chi connectivity index (χ0v) is 13.8. The first-order valence-electron chi connectivity index (χ1n) is 8.03. The molecule has 2 heterocycles. The molecule has 0 aromatic carbocycles. The van der Waals surface area contributed by atoms with Crippen molar-refractivity contribution in [1.82, 2.24) is 14.7 Å². The lowest BCUT2D eigenvalue weighted by molar-refractivity contribution is 0.0185. The second-order valence-corrected chi connectivity index (χ2v) is 6.41. The van der Waals surface area contributed by atoms with Gasteiger partial charge in [0.1, 0.15) is 5.65 Å². The van der Waals surface area contributed by atoms with Crippen LogP contribution in [0.4, 0.5) is 0 Å². The zero-order chi connectivity index (χ0) is 15.0. The Morgan fingerprint density at radius 1 is 1.33 bits per heavy atom. The summed E-state index contributed by atoms with van der Waals surface area (Å²) in [5, 5.41) is 4.33. The standard InChI is InChI=1S/C17H24ClN3/c1-4-17(5-2)12(11-13(17)19-6-3)15-16(18)20-14-9-7-8-10-21(14)15/h7-10,12-13,19H,4-6,11H2,1-3H3. The summed E-state index contributed by atoms with van der Waals surface area (Å²) in [6, 6.07) is 6.68. The Labute approximate surface area is 131 Å². The van der Waals surface area contributed by atoms with E-state index in [0.717, 1.165) is 18.6 Å². The highest BCUT2D eigenvalue weighted by Gasteiger charge is 2.54. The average molecular weight is 306 g/mol. The van der Waals surface area contributed by atoms with E-state index in [1.807, 2.05) is 12.1 Å². The monoisotopic (exact) mass is 305 g/mol. The quantitative estimate of drug-likeness (QED) is 0.894. The van der Waals surface area contributed by atoms with Gasteiger partial charge in [0.25, 0.3) is 0 Å². The van der Waals surface area contributed by atoms with Gasteiger partial charge in [-0.25, -0.2) is 4.98 Å². The second-order valence-electron chi connectivity index (χ2n) is 6.06. The molecule has 3 nitrogen and oxygen atoms in total. The van der Waals surface area contributed by atoms with E-state index in [-0.39, 0.29) is 0 Å². The number of nitrogens with one attached hydrogen (secondary N) is 1. The van der Waals surface area contributed by atoms with Gasteiger partial charge in [0, 0.05) is 18.2 Å². The van der Waals surface area contributed by atoms with E-state index in [9.17, 15) is 0 Å². The van der Waals surface area contributed by atoms with Gasteiger partial charge in [-0.3, -0.25) is 0 Å². The highest BCUT2D eigenvalue weighted by atomic mass is 35.5. The summed E-state index contributed by atoms with van der Waals surface area (Å²) in [5.74, 6) is 0.487. The van der Waals surface area contributed by atoms with Crippen LogP contribution in [0.15, 0.2) is 24.4 Å². The van der Waals surface area contributed by atoms with Gasteiger partial charge < -0.3 is 9.72 Å². The summed E-state index contributed by atoms with van der Waals surface area (Å²) in [4.78, 5) is 4.53. The van der Waals surface area contributed by atoms with E-state index >= 15 is 0 Å². The minimum absolute atomic E-state index is 0.297. The molecule has 0 bridgehead atoms. The van der Waals surface area contributed by atoms with Crippen molar-refractivity contribution < 1.29 is 0 Å². The largest absolute Gasteiger partial charge is 0.314 e. The maximum absolute atomic E-state index is 6.49. The van der Waals surface area contributed by atoms with E-state index < -0.39 is 0 Å². The molecule has 1 aliphatic rings. The number of imidazole rings is 1. The second kappa shape index (κ2) is 5.62. The normalized spacial score (nSPS) is 24.2. The molecule has 0 spiro atoms. The third-order valence-electron chi connectivity index (χ3n) is 5.48. The van der Waals surface area contributed by atoms with Crippen LogP contribution >= 0.6 is 11.6 Å². The molecule has 4 heteroatoms. The van der Waals surface area contributed by atoms with Crippen molar-refractivity contribution in [3.05, 3.63) is 35.2 Å². The molecular weight excluding hydrogens is 282 g/mol. The van der Waals surface area contributed by atoms with Crippen molar-refractivity contribution >= 4 is 17.2 Å². The van der Waals surface area contributed by atoms with Crippen LogP contribution in [0.5, 0.6) is 0 Å². The molecule has 0 saturated heterocycles. The lowest BCUT2D eigenvalue weighted by atomic mass is 9.52. The van der Waals surface area contributed by atoms with Crippen molar-refractivity contribution in [3.63, 3.8) is 0 Å². The number of halogens is 1. The SMILES string of the molecule is CCNC1CC(c2c(Cl)nc3ccccn23)C1(CC)CC. The van der Waals surface area contributed by atoms with E-state index in [1.54, 1.807) is 0 Å². The Morgan fingerprint density at radius 3 is 2.76 bits per heavy atom. The Hall–Kier alpha value is -1.06. The smallest absolute Gasteiger partial charge is 0.151 e. The van der Waals surface area contributed by atoms with Gasteiger partial charge in [0.05, 0.1) is 5.69 Å². The molecule has 1 saturated carbocycles. The third-order valence-corrected chi connectivity index (χ3v) is 5.76. The predicted octanol–water partition coefficient (Wildman–Crippen LogP) is 4.26. The van der Waals surface area contributed by atoms with E-state index in [4.69, 9.17) is 11.6 Å². The van der Waals surface area contributed by atoms with Crippen molar-refractivity contribution in [3.8, 4) is 0 Å². The molecule has 0 aliphatic heterocycles. The van der Waals surface area contributed by atoms with E-state index in [0.29, 0.717) is 22.5 Å². The summed E-state index contributed by atoms with van der Waals surface area (Å²) < 4.78 is 2.18. The minimum Gasteiger partial charge on any atom is -0.314 e. The minimum atomic E-state index is 0.297. The molecule has 2 aromatic rings. The lowest BCUT2D eigenvalue weighted by Crippen LogP contribution is -2.58. The number of rotatable bonds is 5. The maximum Gasteiger partial charge on any atom is 0.151 e. The van der Waals surface area contributed by atoms with Crippen LogP contribution in [0.1, 0.15) is 51.6 Å². The van der Waals surface area contributed by atoms with Gasteiger partial charge in [0.2, 0.25) is 0 Å². The van der Waals surface area contributed by atoms with Crippen LogP contribution in [-0.4, -0.2) is 22.0 Å². The molecule has 3 rings (SSSR count). The summed E-state index contributed by atoms with van der Waals surface area (Å²) in [7, 11) is 0. The van der Waals surface area contributed by atoms with E-state index in [2.05, 4.69) is 47.7 Å². The van der Waals surface area contributed by atoms with Gasteiger partial charge >= 0.3 is 0 Å². The molecule has 0 radical (unpaired) electrons. The average Bonchev–Trinajstić information content (AvgIpc) is 2.80. The Kier molecular flexibility index (Phi) is 3.98. The van der Waals surface area contributed by atoms with Gasteiger partial charge in [-0.1, -0.05) is 38.4 Å². The first-order chi connectivity index (χ1) is 10.2. The molecule has 21 heavy (non-hydrogen) atoms. The van der Waals surface area contributed by atoms with Crippen molar-refractivity contribution in [2.45, 2.75) is 52.0 Å². The first-order valence-corrected chi connectivity index (χ1v) is 8.41. The van der Waals surface area contributed by atoms with Gasteiger partial charge in [-0.15, -0.1) is 0 Å². The van der Waals surface area contributed by atoms with Crippen LogP contribution in [0, 0.1) is 5.41 Å². The Balaban J connectivity index is 2.05. The highest BCUT2D eigenvalue weighted by molar-refractivity contribution is 6.30. The number of aromatic nitrogens is 2. The number of nitrogens with zero attached hydrogens (tertiary/aromatic N) is 2. The molecular formula is C17H24ClN3. The molecule has 1 N–H and O–H groups in total. The van der Waals surface area contributed by atoms with Crippen molar-refractivity contribution in [2.75, 3.05) is 6.54 Å². The van der Waals surface area contributed by atoms with Crippen LogP contribution in [0.3, 0.4) is 0 Å². The number of fused-ring (bicyclic) bond motifs is 1. The first kappa shape index (κ1) is 14.9. The maximum atomic E-state index is 6.49. The van der Waals surface area contributed by atoms with Crippen LogP contribution in [0.25, 0.3) is 5.65 Å². The molecule has 2 atom stereocenters. The summed E-state index contributed by atoms with van der Waals surface area (Å²) in [6.07, 6.45) is 5.57. The van der Waals surface area contributed by atoms with Crippen molar-refractivity contribution in [2.24, 2.45) is 5.41 Å². The predicted molar refractivity (Wildman–Crippen MR) is 88.0 cm³/mol. The van der Waals surface area contributed by atoms with E-state index in [1.165, 1.54) is 18.5 Å². The molecule has 1 fully saturated rings. The molecule has 1 aliphatic carbocycles. The van der Waals surface area contributed by atoms with Gasteiger partial charge in [-0.2, -0.15) is 0 Å². The number of hydrogen-bond acceptors (Lipinski definition) is 2. The molecule has 114 valence electrons. The van der Waals surface area contributed by atoms with Gasteiger partial charge in [-0.05, 0) is 43.4 Å². The number of hydrogen-bond donors (Lipinski definition) is 1. The number of pyridine rings is 1.